The summed E-state index contributed by atoms with van der Waals surface area (Å²) in [6.07, 6.45) is 0. The molecule has 0 spiro atoms. The van der Waals surface area contributed by atoms with Crippen molar-refractivity contribution in [3.8, 4) is 0 Å². The van der Waals surface area contributed by atoms with Gasteiger partial charge in [0.25, 0.3) is 5.91 Å². The number of anilines is 2. The van der Waals surface area contributed by atoms with E-state index in [4.69, 9.17) is 0 Å². The van der Waals surface area contributed by atoms with Crippen molar-refractivity contribution in [2.75, 3.05) is 10.6 Å². The molecule has 1 atom stereocenters. The van der Waals surface area contributed by atoms with Gasteiger partial charge in [-0.2, -0.15) is 0 Å². The number of carbonyl (C=O) groups excluding carboxylic acids is 4. The third kappa shape index (κ3) is 5.14. The Morgan fingerprint density at radius 2 is 1.35 bits per heavy atom. The number of hydrogen-bond acceptors (Lipinski definition) is 6. The first kappa shape index (κ1) is 26.6. The van der Waals surface area contributed by atoms with Gasteiger partial charge in [-0.25, -0.2) is 4.79 Å². The van der Waals surface area contributed by atoms with Crippen molar-refractivity contribution < 1.29 is 29.1 Å². The van der Waals surface area contributed by atoms with Crippen LogP contribution in [0.4, 0.5) is 11.4 Å². The zero-order valence-corrected chi connectivity index (χ0v) is 22.0. The van der Waals surface area contributed by atoms with Gasteiger partial charge in [0.05, 0.1) is 27.6 Å². The van der Waals surface area contributed by atoms with Crippen LogP contribution in [0.15, 0.2) is 95.9 Å². The summed E-state index contributed by atoms with van der Waals surface area (Å²) in [5.41, 5.74) is 1.67. The number of amides is 2. The Morgan fingerprint density at radius 3 is 2.08 bits per heavy atom. The minimum atomic E-state index is -1.20. The van der Waals surface area contributed by atoms with Gasteiger partial charge in [-0.05, 0) is 43.3 Å². The number of ketones is 2. The van der Waals surface area contributed by atoms with Gasteiger partial charge in [-0.1, -0.05) is 54.6 Å². The van der Waals surface area contributed by atoms with Crippen LogP contribution in [0.5, 0.6) is 0 Å². The molecular formula is C31H22N2O6S. The SMILES string of the molecule is CC(Sc1cccc(NC(=O)c2ccccc2C(=O)O)c1)C(=O)Nc1cccc2c1C(=O)c1ccccc1C2=O. The average Bonchev–Trinajstić information content (AvgIpc) is 2.96. The van der Waals surface area contributed by atoms with E-state index in [2.05, 4.69) is 10.6 Å². The molecule has 1 unspecified atom stereocenters. The fourth-order valence-electron chi connectivity index (χ4n) is 4.45. The number of fused-ring (bicyclic) bond motifs is 2. The second-order valence-electron chi connectivity index (χ2n) is 9.01. The lowest BCUT2D eigenvalue weighted by atomic mass is 9.83. The number of hydrogen-bond donors (Lipinski definition) is 3. The number of carbonyl (C=O) groups is 5. The van der Waals surface area contributed by atoms with Crippen molar-refractivity contribution in [2.24, 2.45) is 0 Å². The summed E-state index contributed by atoms with van der Waals surface area (Å²) in [7, 11) is 0. The highest BCUT2D eigenvalue weighted by molar-refractivity contribution is 8.00. The molecule has 198 valence electrons. The normalized spacial score (nSPS) is 12.6. The van der Waals surface area contributed by atoms with E-state index in [1.54, 1.807) is 85.8 Å². The van der Waals surface area contributed by atoms with Crippen LogP contribution >= 0.6 is 11.8 Å². The highest BCUT2D eigenvalue weighted by Gasteiger charge is 2.32. The third-order valence-corrected chi connectivity index (χ3v) is 7.48. The predicted octanol–water partition coefficient (Wildman–Crippen LogP) is 5.53. The molecule has 8 nitrogen and oxygen atoms in total. The minimum absolute atomic E-state index is 0.0302. The molecular weight excluding hydrogens is 528 g/mol. The first-order valence-corrected chi connectivity index (χ1v) is 13.1. The standard InChI is InChI=1S/C31H22N2O6S/c1-17(40-19-9-6-8-18(16-19)32-30(37)22-12-4-5-13-23(22)31(38)39)29(36)33-25-15-7-14-24-26(25)28(35)21-11-3-2-10-20(21)27(24)34/h2-17H,1H3,(H,32,37)(H,33,36)(H,38,39). The zero-order chi connectivity index (χ0) is 28.4. The summed E-state index contributed by atoms with van der Waals surface area (Å²) in [6.45, 7) is 1.70. The number of thioether (sulfide) groups is 1. The van der Waals surface area contributed by atoms with Crippen LogP contribution in [0.1, 0.15) is 59.5 Å². The van der Waals surface area contributed by atoms with Crippen molar-refractivity contribution in [3.63, 3.8) is 0 Å². The van der Waals surface area contributed by atoms with E-state index in [1.807, 2.05) is 0 Å². The molecule has 4 aromatic rings. The number of benzene rings is 4. The molecule has 9 heteroatoms. The highest BCUT2D eigenvalue weighted by atomic mass is 32.2. The number of nitrogens with one attached hydrogen (secondary N) is 2. The van der Waals surface area contributed by atoms with Crippen molar-refractivity contribution in [1.82, 2.24) is 0 Å². The van der Waals surface area contributed by atoms with Gasteiger partial charge < -0.3 is 15.7 Å². The van der Waals surface area contributed by atoms with Crippen LogP contribution in [-0.4, -0.2) is 39.7 Å². The molecule has 1 aliphatic rings. The number of rotatable bonds is 7. The van der Waals surface area contributed by atoms with E-state index in [9.17, 15) is 29.1 Å². The second kappa shape index (κ2) is 11.0. The van der Waals surface area contributed by atoms with Crippen LogP contribution in [0.25, 0.3) is 0 Å². The maximum Gasteiger partial charge on any atom is 0.336 e. The molecule has 0 heterocycles. The molecule has 0 aliphatic heterocycles. The number of aromatic carboxylic acids is 1. The third-order valence-electron chi connectivity index (χ3n) is 6.39. The number of carboxylic acid groups (broad SMARTS) is 1. The summed E-state index contributed by atoms with van der Waals surface area (Å²) in [4.78, 5) is 64.2. The summed E-state index contributed by atoms with van der Waals surface area (Å²) in [5.74, 6) is -2.74. The topological polar surface area (TPSA) is 130 Å². The maximum absolute atomic E-state index is 13.2. The Labute approximate surface area is 233 Å². The maximum atomic E-state index is 13.2. The van der Waals surface area contributed by atoms with Crippen LogP contribution in [0.3, 0.4) is 0 Å². The Kier molecular flexibility index (Phi) is 7.31. The van der Waals surface area contributed by atoms with Gasteiger partial charge in [0.15, 0.2) is 11.6 Å². The molecule has 1 aliphatic carbocycles. The molecule has 5 rings (SSSR count). The minimum Gasteiger partial charge on any atom is -0.478 e. The summed E-state index contributed by atoms with van der Waals surface area (Å²) < 4.78 is 0. The van der Waals surface area contributed by atoms with Crippen LogP contribution in [0.2, 0.25) is 0 Å². The lowest BCUT2D eigenvalue weighted by molar-refractivity contribution is -0.115. The van der Waals surface area contributed by atoms with E-state index >= 15 is 0 Å². The monoisotopic (exact) mass is 550 g/mol. The van der Waals surface area contributed by atoms with E-state index in [0.29, 0.717) is 21.7 Å². The van der Waals surface area contributed by atoms with Gasteiger partial charge in [0.1, 0.15) is 0 Å². The fraction of sp³-hybridized carbons (Fsp3) is 0.0645. The lowest BCUT2D eigenvalue weighted by Crippen LogP contribution is -2.27. The molecule has 40 heavy (non-hydrogen) atoms. The molecule has 0 fully saturated rings. The Balaban J connectivity index is 1.30. The van der Waals surface area contributed by atoms with Crippen molar-refractivity contribution in [3.05, 3.63) is 124 Å². The van der Waals surface area contributed by atoms with Gasteiger partial charge in [-0.3, -0.25) is 19.2 Å². The smallest absolute Gasteiger partial charge is 0.336 e. The van der Waals surface area contributed by atoms with E-state index in [-0.39, 0.29) is 45.4 Å². The lowest BCUT2D eigenvalue weighted by Gasteiger charge is -2.21. The van der Waals surface area contributed by atoms with Crippen LogP contribution in [-0.2, 0) is 4.79 Å². The molecule has 4 aromatic carbocycles. The predicted molar refractivity (Wildman–Crippen MR) is 151 cm³/mol. The summed E-state index contributed by atoms with van der Waals surface area (Å²) >= 11 is 1.23. The van der Waals surface area contributed by atoms with Gasteiger partial charge in [0.2, 0.25) is 5.91 Å². The Bertz CT molecular complexity index is 1710. The zero-order valence-electron chi connectivity index (χ0n) is 21.1. The van der Waals surface area contributed by atoms with Gasteiger partial charge in [0, 0.05) is 27.3 Å². The Morgan fingerprint density at radius 1 is 0.725 bits per heavy atom. The van der Waals surface area contributed by atoms with Gasteiger partial charge >= 0.3 is 5.97 Å². The molecule has 3 N–H and O–H groups in total. The largest absolute Gasteiger partial charge is 0.478 e. The summed E-state index contributed by atoms with van der Waals surface area (Å²) in [5, 5.41) is 14.3. The van der Waals surface area contributed by atoms with E-state index < -0.39 is 17.1 Å². The molecule has 0 aromatic heterocycles. The summed E-state index contributed by atoms with van der Waals surface area (Å²) in [6, 6.07) is 24.1. The first-order chi connectivity index (χ1) is 19.2. The van der Waals surface area contributed by atoms with Crippen LogP contribution in [0, 0.1) is 0 Å². The average molecular weight is 551 g/mol. The van der Waals surface area contributed by atoms with Crippen molar-refractivity contribution >= 4 is 52.5 Å². The molecule has 0 saturated heterocycles. The second-order valence-corrected chi connectivity index (χ2v) is 10.4. The van der Waals surface area contributed by atoms with Crippen molar-refractivity contribution in [2.45, 2.75) is 17.1 Å². The fourth-order valence-corrected chi connectivity index (χ4v) is 5.38. The first-order valence-electron chi connectivity index (χ1n) is 12.3. The quantitative estimate of drug-likeness (QED) is 0.227. The molecule has 2 amide bonds. The molecule has 0 bridgehead atoms. The highest BCUT2D eigenvalue weighted by Crippen LogP contribution is 2.33. The van der Waals surface area contributed by atoms with Gasteiger partial charge in [-0.15, -0.1) is 11.8 Å². The van der Waals surface area contributed by atoms with Crippen LogP contribution < -0.4 is 10.6 Å². The Hall–Kier alpha value is -5.02. The molecule has 0 saturated carbocycles. The van der Waals surface area contributed by atoms with E-state index in [1.165, 1.54) is 23.9 Å². The number of carboxylic acids is 1. The van der Waals surface area contributed by atoms with Crippen molar-refractivity contribution in [1.29, 1.82) is 0 Å². The van der Waals surface area contributed by atoms with E-state index in [0.717, 1.165) is 0 Å². The molecule has 0 radical (unpaired) electrons.